The maximum absolute atomic E-state index is 13.4. The third-order valence-electron chi connectivity index (χ3n) is 4.84. The van der Waals surface area contributed by atoms with Crippen molar-refractivity contribution in [3.63, 3.8) is 0 Å². The van der Waals surface area contributed by atoms with E-state index in [0.717, 1.165) is 16.7 Å². The quantitative estimate of drug-likeness (QED) is 0.414. The normalized spacial score (nSPS) is 11.5. The molecule has 0 fully saturated rings. The minimum atomic E-state index is -3.63. The van der Waals surface area contributed by atoms with E-state index in [1.54, 1.807) is 36.4 Å². The molecule has 0 spiro atoms. The van der Waals surface area contributed by atoms with Crippen molar-refractivity contribution in [3.8, 4) is 0 Å². The second kappa shape index (κ2) is 7.83. The molecule has 3 heteroatoms. The zero-order chi connectivity index (χ0) is 19.4. The maximum Gasteiger partial charge on any atom is 0.206 e. The highest BCUT2D eigenvalue weighted by Gasteiger charge is 2.26. The molecule has 0 aliphatic rings. The van der Waals surface area contributed by atoms with Crippen molar-refractivity contribution in [1.29, 1.82) is 0 Å². The van der Waals surface area contributed by atoms with Gasteiger partial charge in [-0.05, 0) is 34.9 Å². The van der Waals surface area contributed by atoms with Gasteiger partial charge in [0, 0.05) is 5.92 Å². The molecule has 4 aromatic rings. The molecule has 4 rings (SSSR count). The van der Waals surface area contributed by atoms with Gasteiger partial charge in [-0.1, -0.05) is 97.1 Å². The van der Waals surface area contributed by atoms with Crippen LogP contribution < -0.4 is 0 Å². The highest BCUT2D eigenvalue weighted by Crippen LogP contribution is 2.37. The molecule has 0 amide bonds. The summed E-state index contributed by atoms with van der Waals surface area (Å²) in [5.41, 5.74) is 2.90. The second-order valence-electron chi connectivity index (χ2n) is 6.61. The first-order valence-electron chi connectivity index (χ1n) is 9.17. The highest BCUT2D eigenvalue weighted by atomic mass is 32.2. The molecular formula is C25H20O2S. The Labute approximate surface area is 166 Å². The predicted molar refractivity (Wildman–Crippen MR) is 112 cm³/mol. The van der Waals surface area contributed by atoms with Crippen molar-refractivity contribution in [3.05, 3.63) is 132 Å². The van der Waals surface area contributed by atoms with Gasteiger partial charge in [0.05, 0.1) is 9.79 Å². The van der Waals surface area contributed by atoms with E-state index < -0.39 is 9.84 Å². The van der Waals surface area contributed by atoms with Crippen molar-refractivity contribution >= 4 is 9.84 Å². The summed E-state index contributed by atoms with van der Waals surface area (Å²) in [4.78, 5) is 0.654. The van der Waals surface area contributed by atoms with Crippen LogP contribution in [-0.4, -0.2) is 8.42 Å². The van der Waals surface area contributed by atoms with Gasteiger partial charge < -0.3 is 0 Å². The minimum absolute atomic E-state index is 0.169. The van der Waals surface area contributed by atoms with Crippen molar-refractivity contribution in [2.75, 3.05) is 0 Å². The van der Waals surface area contributed by atoms with Crippen molar-refractivity contribution in [2.24, 2.45) is 0 Å². The first kappa shape index (κ1) is 18.2. The third kappa shape index (κ3) is 3.49. The molecule has 0 N–H and O–H groups in total. The SMILES string of the molecule is O=S(=O)(c1ccccc1)c1ccccc1C(c1ccccc1)c1ccccc1. The van der Waals surface area contributed by atoms with Gasteiger partial charge in [-0.3, -0.25) is 0 Å². The molecule has 0 bridgehead atoms. The van der Waals surface area contributed by atoms with Crippen LogP contribution in [0.1, 0.15) is 22.6 Å². The van der Waals surface area contributed by atoms with E-state index in [9.17, 15) is 8.42 Å². The standard InChI is InChI=1S/C25H20O2S/c26-28(27,22-16-8-3-9-17-22)24-19-11-10-18-23(24)25(20-12-4-1-5-13-20)21-14-6-2-7-15-21/h1-19,25H. The smallest absolute Gasteiger partial charge is 0.206 e. The van der Waals surface area contributed by atoms with Crippen LogP contribution >= 0.6 is 0 Å². The van der Waals surface area contributed by atoms with Crippen LogP contribution in [0.3, 0.4) is 0 Å². The van der Waals surface area contributed by atoms with Crippen LogP contribution in [0, 0.1) is 0 Å². The lowest BCUT2D eigenvalue weighted by Gasteiger charge is -2.22. The van der Waals surface area contributed by atoms with Gasteiger partial charge in [-0.15, -0.1) is 0 Å². The van der Waals surface area contributed by atoms with E-state index in [1.807, 2.05) is 78.9 Å². The summed E-state index contributed by atoms with van der Waals surface area (Å²) in [7, 11) is -3.63. The Morgan fingerprint density at radius 2 is 0.929 bits per heavy atom. The lowest BCUT2D eigenvalue weighted by molar-refractivity contribution is 0.594. The average molecular weight is 385 g/mol. The van der Waals surface area contributed by atoms with E-state index in [1.165, 1.54) is 0 Å². The fourth-order valence-electron chi connectivity index (χ4n) is 3.53. The largest absolute Gasteiger partial charge is 0.219 e. The van der Waals surface area contributed by atoms with Gasteiger partial charge >= 0.3 is 0 Å². The molecule has 0 saturated carbocycles. The summed E-state index contributed by atoms with van der Waals surface area (Å²) in [6.45, 7) is 0. The molecular weight excluding hydrogens is 364 g/mol. The van der Waals surface area contributed by atoms with Crippen LogP contribution in [-0.2, 0) is 9.84 Å². The molecule has 0 aliphatic heterocycles. The van der Waals surface area contributed by atoms with Gasteiger partial charge in [0.15, 0.2) is 0 Å². The first-order valence-corrected chi connectivity index (χ1v) is 10.7. The molecule has 138 valence electrons. The van der Waals surface area contributed by atoms with Gasteiger partial charge in [-0.25, -0.2) is 8.42 Å². The van der Waals surface area contributed by atoms with Gasteiger partial charge in [-0.2, -0.15) is 0 Å². The number of sulfone groups is 1. The topological polar surface area (TPSA) is 34.1 Å². The first-order chi connectivity index (χ1) is 13.7. The Morgan fingerprint density at radius 3 is 1.46 bits per heavy atom. The average Bonchev–Trinajstić information content (AvgIpc) is 2.76. The van der Waals surface area contributed by atoms with Crippen LogP contribution in [0.15, 0.2) is 125 Å². The summed E-state index contributed by atoms with van der Waals surface area (Å²) in [6, 6.07) is 36.0. The van der Waals surface area contributed by atoms with E-state index in [0.29, 0.717) is 9.79 Å². The molecule has 0 aliphatic carbocycles. The number of hydrogen-bond acceptors (Lipinski definition) is 2. The highest BCUT2D eigenvalue weighted by molar-refractivity contribution is 7.91. The fourth-order valence-corrected chi connectivity index (χ4v) is 5.06. The molecule has 2 nitrogen and oxygen atoms in total. The number of rotatable bonds is 5. The lowest BCUT2D eigenvalue weighted by Crippen LogP contribution is -2.11. The predicted octanol–water partition coefficient (Wildman–Crippen LogP) is 5.70. The monoisotopic (exact) mass is 384 g/mol. The Bertz CT molecular complexity index is 1110. The van der Waals surface area contributed by atoms with Gasteiger partial charge in [0.25, 0.3) is 0 Å². The summed E-state index contributed by atoms with van der Waals surface area (Å²) in [5.74, 6) is -0.169. The van der Waals surface area contributed by atoms with Crippen LogP contribution in [0.5, 0.6) is 0 Å². The van der Waals surface area contributed by atoms with E-state index in [-0.39, 0.29) is 5.92 Å². The summed E-state index contributed by atoms with van der Waals surface area (Å²) >= 11 is 0. The number of hydrogen-bond donors (Lipinski definition) is 0. The number of benzene rings is 4. The third-order valence-corrected chi connectivity index (χ3v) is 6.68. The fraction of sp³-hybridized carbons (Fsp3) is 0.0400. The Hall–Kier alpha value is -3.17. The van der Waals surface area contributed by atoms with E-state index in [4.69, 9.17) is 0 Å². The molecule has 4 aromatic carbocycles. The minimum Gasteiger partial charge on any atom is -0.219 e. The lowest BCUT2D eigenvalue weighted by atomic mass is 9.85. The molecule has 0 atom stereocenters. The van der Waals surface area contributed by atoms with Crippen LogP contribution in [0.25, 0.3) is 0 Å². The van der Waals surface area contributed by atoms with E-state index in [2.05, 4.69) is 0 Å². The Morgan fingerprint density at radius 1 is 0.500 bits per heavy atom. The molecule has 28 heavy (non-hydrogen) atoms. The molecule has 0 saturated heterocycles. The van der Waals surface area contributed by atoms with Crippen LogP contribution in [0.2, 0.25) is 0 Å². The summed E-state index contributed by atoms with van der Waals surface area (Å²) < 4.78 is 26.8. The summed E-state index contributed by atoms with van der Waals surface area (Å²) in [6.07, 6.45) is 0. The van der Waals surface area contributed by atoms with Gasteiger partial charge in [0.2, 0.25) is 9.84 Å². The zero-order valence-electron chi connectivity index (χ0n) is 15.3. The summed E-state index contributed by atoms with van der Waals surface area (Å²) in [5, 5.41) is 0. The second-order valence-corrected chi connectivity index (χ2v) is 8.53. The van der Waals surface area contributed by atoms with Crippen LogP contribution in [0.4, 0.5) is 0 Å². The maximum atomic E-state index is 13.4. The Kier molecular flexibility index (Phi) is 5.09. The van der Waals surface area contributed by atoms with E-state index >= 15 is 0 Å². The molecule has 0 aromatic heterocycles. The molecule has 0 unspecified atom stereocenters. The van der Waals surface area contributed by atoms with Crippen molar-refractivity contribution in [2.45, 2.75) is 15.7 Å². The Balaban J connectivity index is 1.95. The van der Waals surface area contributed by atoms with Crippen molar-refractivity contribution in [1.82, 2.24) is 0 Å². The van der Waals surface area contributed by atoms with Crippen molar-refractivity contribution < 1.29 is 8.42 Å². The van der Waals surface area contributed by atoms with Gasteiger partial charge in [0.1, 0.15) is 0 Å². The molecule has 0 radical (unpaired) electrons. The molecule has 0 heterocycles. The zero-order valence-corrected chi connectivity index (χ0v) is 16.1.